The van der Waals surface area contributed by atoms with Gasteiger partial charge in [0.05, 0.1) is 4.92 Å². The number of nitrogens with zero attached hydrogens (tertiary/aromatic N) is 2. The molecule has 0 aromatic carbocycles. The molecule has 0 unspecified atom stereocenters. The third kappa shape index (κ3) is 4.33. The van der Waals surface area contributed by atoms with Gasteiger partial charge in [0.25, 0.3) is 9.05 Å². The molecule has 0 saturated heterocycles. The van der Waals surface area contributed by atoms with Gasteiger partial charge < -0.3 is 4.74 Å². The van der Waals surface area contributed by atoms with Crippen molar-refractivity contribution in [2.24, 2.45) is 0 Å². The van der Waals surface area contributed by atoms with Crippen LogP contribution in [0.1, 0.15) is 5.69 Å². The van der Waals surface area contributed by atoms with Gasteiger partial charge in [0.15, 0.2) is 5.69 Å². The van der Waals surface area contributed by atoms with Crippen molar-refractivity contribution in [3.8, 4) is 5.88 Å². The first-order valence-corrected chi connectivity index (χ1v) is 6.91. The minimum atomic E-state index is -5.60. The molecule has 0 amide bonds. The maximum atomic E-state index is 12.6. The first kappa shape index (κ1) is 18.2. The Morgan fingerprint density at radius 3 is 2.05 bits per heavy atom. The Balaban J connectivity index is 3.77. The van der Waals surface area contributed by atoms with Gasteiger partial charge in [-0.1, -0.05) is 0 Å². The summed E-state index contributed by atoms with van der Waals surface area (Å²) in [7, 11) is -0.506. The molecule has 1 aromatic heterocycles. The largest absolute Gasteiger partial charge is 0.574 e. The molecule has 0 aliphatic heterocycles. The van der Waals surface area contributed by atoms with Gasteiger partial charge in [0, 0.05) is 16.7 Å². The van der Waals surface area contributed by atoms with E-state index in [9.17, 15) is 44.9 Å². The number of halogens is 7. The Labute approximate surface area is 121 Å². The Bertz CT molecular complexity index is 715. The van der Waals surface area contributed by atoms with Crippen LogP contribution in [0, 0.1) is 10.1 Å². The zero-order valence-electron chi connectivity index (χ0n) is 9.57. The van der Waals surface area contributed by atoms with Gasteiger partial charge in [0.1, 0.15) is 4.90 Å². The molecule has 124 valence electrons. The number of alkyl halides is 6. The van der Waals surface area contributed by atoms with E-state index in [0.717, 1.165) is 0 Å². The van der Waals surface area contributed by atoms with E-state index in [0.29, 0.717) is 0 Å². The Hall–Kier alpha value is -1.83. The maximum Gasteiger partial charge on any atom is 0.574 e. The van der Waals surface area contributed by atoms with Crippen LogP contribution in [0.4, 0.5) is 32.0 Å². The summed E-state index contributed by atoms with van der Waals surface area (Å²) in [5.41, 5.74) is -4.14. The topological polar surface area (TPSA) is 99.4 Å². The van der Waals surface area contributed by atoms with E-state index in [4.69, 9.17) is 0 Å². The minimum absolute atomic E-state index is 0.320. The van der Waals surface area contributed by atoms with Crippen LogP contribution in [-0.4, -0.2) is 24.7 Å². The van der Waals surface area contributed by atoms with Crippen molar-refractivity contribution < 1.29 is 44.4 Å². The lowest BCUT2D eigenvalue weighted by molar-refractivity contribution is -0.389. The first-order chi connectivity index (χ1) is 9.63. The number of aromatic nitrogens is 1. The molecule has 7 nitrogen and oxygen atoms in total. The molecular weight excluding hydrogens is 374 g/mol. The van der Waals surface area contributed by atoms with Gasteiger partial charge in [-0.3, -0.25) is 10.1 Å². The standard InChI is InChI=1S/C7HClF6N2O5S/c8-22(19,20)3-1-2(16(17)18)5(21-7(12,13)14)15-4(3)6(9,10)11/h1H. The number of ether oxygens (including phenoxy) is 1. The molecule has 15 heteroatoms. The normalized spacial score (nSPS) is 13.0. The van der Waals surface area contributed by atoms with Crippen LogP contribution in [0.15, 0.2) is 11.0 Å². The SMILES string of the molecule is O=[N+]([O-])c1cc(S(=O)(=O)Cl)c(C(F)(F)F)nc1OC(F)(F)F. The van der Waals surface area contributed by atoms with Crippen LogP contribution in [0.5, 0.6) is 5.88 Å². The maximum absolute atomic E-state index is 12.6. The highest BCUT2D eigenvalue weighted by Crippen LogP contribution is 2.40. The van der Waals surface area contributed by atoms with Crippen molar-refractivity contribution in [1.82, 2.24) is 4.98 Å². The molecule has 0 aliphatic rings. The van der Waals surface area contributed by atoms with Crippen molar-refractivity contribution >= 4 is 25.4 Å². The van der Waals surface area contributed by atoms with Crippen LogP contribution in [-0.2, 0) is 15.2 Å². The Kier molecular flexibility index (Phi) is 4.49. The summed E-state index contributed by atoms with van der Waals surface area (Å²) in [5, 5.41) is 10.5. The molecule has 0 bridgehead atoms. The molecule has 1 aromatic rings. The lowest BCUT2D eigenvalue weighted by Gasteiger charge is -2.13. The third-order valence-electron chi connectivity index (χ3n) is 1.87. The van der Waals surface area contributed by atoms with Gasteiger partial charge in [-0.25, -0.2) is 13.4 Å². The van der Waals surface area contributed by atoms with E-state index in [1.54, 1.807) is 0 Å². The van der Waals surface area contributed by atoms with Crippen LogP contribution < -0.4 is 4.74 Å². The molecule has 0 N–H and O–H groups in total. The van der Waals surface area contributed by atoms with E-state index >= 15 is 0 Å². The molecule has 1 heterocycles. The quantitative estimate of drug-likeness (QED) is 0.349. The van der Waals surface area contributed by atoms with Crippen LogP contribution in [0.2, 0.25) is 0 Å². The number of nitro groups is 1. The van der Waals surface area contributed by atoms with Gasteiger partial charge in [0.2, 0.25) is 0 Å². The van der Waals surface area contributed by atoms with Crippen LogP contribution in [0.3, 0.4) is 0 Å². The lowest BCUT2D eigenvalue weighted by Crippen LogP contribution is -2.21. The summed E-state index contributed by atoms with van der Waals surface area (Å²) in [6.45, 7) is 0. The summed E-state index contributed by atoms with van der Waals surface area (Å²) < 4.78 is 99.0. The van der Waals surface area contributed by atoms with E-state index in [1.165, 1.54) is 0 Å². The van der Waals surface area contributed by atoms with Crippen LogP contribution >= 0.6 is 10.7 Å². The van der Waals surface area contributed by atoms with Crippen LogP contribution in [0.25, 0.3) is 0 Å². The molecule has 0 radical (unpaired) electrons. The van der Waals surface area contributed by atoms with E-state index in [1.807, 2.05) is 0 Å². The summed E-state index contributed by atoms with van der Waals surface area (Å²) in [6.07, 6.45) is -11.2. The summed E-state index contributed by atoms with van der Waals surface area (Å²) in [4.78, 5) is 9.31. The zero-order valence-corrected chi connectivity index (χ0v) is 11.1. The average molecular weight is 375 g/mol. The molecule has 0 atom stereocenters. The van der Waals surface area contributed by atoms with Crippen molar-refractivity contribution in [3.63, 3.8) is 0 Å². The summed E-state index contributed by atoms with van der Waals surface area (Å²) >= 11 is 0. The third-order valence-corrected chi connectivity index (χ3v) is 3.21. The number of hydrogen-bond donors (Lipinski definition) is 0. The van der Waals surface area contributed by atoms with E-state index in [-0.39, 0.29) is 6.07 Å². The van der Waals surface area contributed by atoms with Crippen molar-refractivity contribution in [2.45, 2.75) is 17.4 Å². The second-order valence-electron chi connectivity index (χ2n) is 3.40. The van der Waals surface area contributed by atoms with E-state index in [2.05, 4.69) is 20.4 Å². The van der Waals surface area contributed by atoms with Crippen molar-refractivity contribution in [2.75, 3.05) is 0 Å². The highest BCUT2D eigenvalue weighted by atomic mass is 35.7. The molecule has 1 rings (SSSR count). The highest BCUT2D eigenvalue weighted by Gasteiger charge is 2.44. The highest BCUT2D eigenvalue weighted by molar-refractivity contribution is 8.13. The van der Waals surface area contributed by atoms with Crippen molar-refractivity contribution in [3.05, 3.63) is 21.9 Å². The number of pyridine rings is 1. The molecular formula is C7HClF6N2O5S. The predicted molar refractivity (Wildman–Crippen MR) is 55.6 cm³/mol. The van der Waals surface area contributed by atoms with E-state index < -0.39 is 48.7 Å². The molecule has 0 saturated carbocycles. The second-order valence-corrected chi connectivity index (χ2v) is 5.93. The minimum Gasteiger partial charge on any atom is -0.381 e. The summed E-state index contributed by atoms with van der Waals surface area (Å²) in [5.74, 6) is -2.08. The van der Waals surface area contributed by atoms with Crippen molar-refractivity contribution in [1.29, 1.82) is 0 Å². The van der Waals surface area contributed by atoms with Gasteiger partial charge in [-0.2, -0.15) is 13.2 Å². The van der Waals surface area contributed by atoms with Gasteiger partial charge in [-0.15, -0.1) is 13.2 Å². The fraction of sp³-hybridized carbons (Fsp3) is 0.286. The Morgan fingerprint density at radius 1 is 1.23 bits per heavy atom. The Morgan fingerprint density at radius 2 is 1.73 bits per heavy atom. The molecule has 22 heavy (non-hydrogen) atoms. The second kappa shape index (κ2) is 5.42. The fourth-order valence-corrected chi connectivity index (χ4v) is 2.17. The zero-order chi connectivity index (χ0) is 17.5. The smallest absolute Gasteiger partial charge is 0.381 e. The molecule has 0 spiro atoms. The van der Waals surface area contributed by atoms with Gasteiger partial charge in [-0.05, 0) is 0 Å². The van der Waals surface area contributed by atoms with Gasteiger partial charge >= 0.3 is 24.1 Å². The molecule has 0 aliphatic carbocycles. The monoisotopic (exact) mass is 374 g/mol. The molecule has 0 fully saturated rings. The lowest BCUT2D eigenvalue weighted by atomic mass is 10.3. The predicted octanol–water partition coefficient (Wildman–Crippen LogP) is 2.83. The number of hydrogen-bond acceptors (Lipinski definition) is 6. The number of rotatable bonds is 3. The average Bonchev–Trinajstić information content (AvgIpc) is 2.22. The fourth-order valence-electron chi connectivity index (χ4n) is 1.17. The first-order valence-electron chi connectivity index (χ1n) is 4.60. The summed E-state index contributed by atoms with van der Waals surface area (Å²) in [6, 6.07) is -0.320.